The van der Waals surface area contributed by atoms with Crippen molar-refractivity contribution in [1.82, 2.24) is 5.32 Å². The van der Waals surface area contributed by atoms with Gasteiger partial charge in [-0.2, -0.15) is 5.26 Å². The summed E-state index contributed by atoms with van der Waals surface area (Å²) in [6, 6.07) is 9.58. The second-order valence-corrected chi connectivity index (χ2v) is 8.87. The maximum Gasteiger partial charge on any atom is 0.414 e. The summed E-state index contributed by atoms with van der Waals surface area (Å²) >= 11 is 0. The van der Waals surface area contributed by atoms with Crippen LogP contribution in [0.15, 0.2) is 24.3 Å². The van der Waals surface area contributed by atoms with Crippen molar-refractivity contribution in [3.05, 3.63) is 29.8 Å². The van der Waals surface area contributed by atoms with Crippen LogP contribution in [0.4, 0.5) is 10.5 Å². The Morgan fingerprint density at radius 2 is 2.04 bits per heavy atom. The number of carbonyl (C=O) groups excluding carboxylic acids is 2. The normalized spacial score (nSPS) is 21.0. The van der Waals surface area contributed by atoms with Crippen LogP contribution in [0.1, 0.15) is 18.4 Å². The third-order valence-electron chi connectivity index (χ3n) is 4.49. The van der Waals surface area contributed by atoms with Gasteiger partial charge >= 0.3 is 6.09 Å². The smallest absolute Gasteiger partial charge is 0.414 e. The first kappa shape index (κ1) is 18.2. The van der Waals surface area contributed by atoms with Crippen LogP contribution in [-0.2, 0) is 24.8 Å². The number of amides is 2. The summed E-state index contributed by atoms with van der Waals surface area (Å²) in [5, 5.41) is 11.7. The number of carbonyl (C=O) groups is 2. The topological polar surface area (TPSA) is 117 Å². The van der Waals surface area contributed by atoms with E-state index in [1.165, 1.54) is 4.90 Å². The fourth-order valence-electron chi connectivity index (χ4n) is 2.91. The molecular formula is C17H19N3O5S. The highest BCUT2D eigenvalue weighted by Gasteiger charge is 2.45. The molecule has 0 bridgehead atoms. The van der Waals surface area contributed by atoms with Gasteiger partial charge in [0.25, 0.3) is 0 Å². The van der Waals surface area contributed by atoms with Crippen molar-refractivity contribution in [3.8, 4) is 6.07 Å². The van der Waals surface area contributed by atoms with Crippen LogP contribution in [0, 0.1) is 11.3 Å². The molecule has 1 aromatic rings. The molecule has 1 aliphatic heterocycles. The number of rotatable bonds is 6. The molecule has 1 saturated heterocycles. The van der Waals surface area contributed by atoms with E-state index < -0.39 is 33.7 Å². The molecule has 26 heavy (non-hydrogen) atoms. The number of ether oxygens (including phenoxy) is 1. The molecule has 1 saturated carbocycles. The zero-order valence-electron chi connectivity index (χ0n) is 14.3. The third kappa shape index (κ3) is 3.96. The predicted octanol–water partition coefficient (Wildman–Crippen LogP) is 0.728. The van der Waals surface area contributed by atoms with Crippen molar-refractivity contribution >= 4 is 27.5 Å². The highest BCUT2D eigenvalue weighted by Crippen LogP contribution is 2.47. The van der Waals surface area contributed by atoms with Crippen molar-refractivity contribution in [3.63, 3.8) is 0 Å². The van der Waals surface area contributed by atoms with Crippen LogP contribution in [0.25, 0.3) is 0 Å². The van der Waals surface area contributed by atoms with Gasteiger partial charge in [-0.15, -0.1) is 0 Å². The number of benzene rings is 1. The molecule has 2 fully saturated rings. The highest BCUT2D eigenvalue weighted by molar-refractivity contribution is 7.91. The molecular weight excluding hydrogens is 358 g/mol. The van der Waals surface area contributed by atoms with Crippen LogP contribution in [0.3, 0.4) is 0 Å². The minimum atomic E-state index is -3.40. The molecule has 1 aliphatic carbocycles. The van der Waals surface area contributed by atoms with Gasteiger partial charge < -0.3 is 10.1 Å². The molecule has 1 aromatic carbocycles. The van der Waals surface area contributed by atoms with Crippen LogP contribution >= 0.6 is 0 Å². The second kappa shape index (κ2) is 6.61. The molecule has 0 spiro atoms. The SMILES string of the molecule is CS(=O)(=O)CC(=O)NCC1CN(c2ccc(C3(C#N)CC3)cc2)C(=O)O1. The van der Waals surface area contributed by atoms with E-state index in [0.29, 0.717) is 5.69 Å². The summed E-state index contributed by atoms with van der Waals surface area (Å²) in [4.78, 5) is 25.0. The lowest BCUT2D eigenvalue weighted by molar-refractivity contribution is -0.119. The quantitative estimate of drug-likeness (QED) is 0.781. The second-order valence-electron chi connectivity index (χ2n) is 6.73. The Labute approximate surface area is 151 Å². The van der Waals surface area contributed by atoms with Crippen LogP contribution in [-0.4, -0.2) is 51.6 Å². The van der Waals surface area contributed by atoms with E-state index in [1.54, 1.807) is 12.1 Å². The first-order valence-corrected chi connectivity index (χ1v) is 10.2. The van der Waals surface area contributed by atoms with Gasteiger partial charge in [0.2, 0.25) is 5.91 Å². The third-order valence-corrected chi connectivity index (χ3v) is 5.28. The number of nitrogens with one attached hydrogen (secondary N) is 1. The summed E-state index contributed by atoms with van der Waals surface area (Å²) in [5.74, 6) is -1.22. The summed E-state index contributed by atoms with van der Waals surface area (Å²) in [7, 11) is -3.40. The van der Waals surface area contributed by atoms with Gasteiger partial charge in [-0.3, -0.25) is 9.69 Å². The van der Waals surface area contributed by atoms with Crippen molar-refractivity contribution in [1.29, 1.82) is 5.26 Å². The largest absolute Gasteiger partial charge is 0.442 e. The van der Waals surface area contributed by atoms with Crippen molar-refractivity contribution in [2.45, 2.75) is 24.4 Å². The highest BCUT2D eigenvalue weighted by atomic mass is 32.2. The lowest BCUT2D eigenvalue weighted by atomic mass is 9.97. The maximum atomic E-state index is 12.1. The Kier molecular flexibility index (Phi) is 4.63. The molecule has 0 radical (unpaired) electrons. The summed E-state index contributed by atoms with van der Waals surface area (Å²) < 4.78 is 27.4. The van der Waals surface area contributed by atoms with Gasteiger partial charge in [0.1, 0.15) is 11.9 Å². The Morgan fingerprint density at radius 3 is 2.58 bits per heavy atom. The molecule has 2 amide bonds. The van der Waals surface area contributed by atoms with Gasteiger partial charge in [0.15, 0.2) is 9.84 Å². The van der Waals surface area contributed by atoms with E-state index in [1.807, 2.05) is 12.1 Å². The monoisotopic (exact) mass is 377 g/mol. The number of cyclic esters (lactones) is 1. The minimum absolute atomic E-state index is 0.0478. The molecule has 1 atom stereocenters. The zero-order chi connectivity index (χ0) is 18.9. The van der Waals surface area contributed by atoms with Gasteiger partial charge in [-0.1, -0.05) is 12.1 Å². The van der Waals surface area contributed by atoms with Crippen molar-refractivity contribution < 1.29 is 22.7 Å². The van der Waals surface area contributed by atoms with Gasteiger partial charge in [0, 0.05) is 11.9 Å². The Morgan fingerprint density at radius 1 is 1.38 bits per heavy atom. The van der Waals surface area contributed by atoms with Crippen LogP contribution < -0.4 is 10.2 Å². The van der Waals surface area contributed by atoms with E-state index in [-0.39, 0.29) is 18.5 Å². The van der Waals surface area contributed by atoms with E-state index >= 15 is 0 Å². The fourth-order valence-corrected chi connectivity index (χ4v) is 3.48. The lowest BCUT2D eigenvalue weighted by Crippen LogP contribution is -2.37. The van der Waals surface area contributed by atoms with Gasteiger partial charge in [-0.25, -0.2) is 13.2 Å². The Hall–Kier alpha value is -2.60. The number of hydrogen-bond donors (Lipinski definition) is 1. The van der Waals surface area contributed by atoms with Crippen molar-refractivity contribution in [2.24, 2.45) is 0 Å². The minimum Gasteiger partial charge on any atom is -0.442 e. The molecule has 2 aliphatic rings. The maximum absolute atomic E-state index is 12.1. The van der Waals surface area contributed by atoms with E-state index in [9.17, 15) is 23.3 Å². The van der Waals surface area contributed by atoms with E-state index in [4.69, 9.17) is 4.74 Å². The number of nitrogens with zero attached hydrogens (tertiary/aromatic N) is 2. The van der Waals surface area contributed by atoms with E-state index in [2.05, 4.69) is 11.4 Å². The van der Waals surface area contributed by atoms with Crippen LogP contribution in [0.5, 0.6) is 0 Å². The fraction of sp³-hybridized carbons (Fsp3) is 0.471. The summed E-state index contributed by atoms with van der Waals surface area (Å²) in [6.45, 7) is 0.299. The first-order chi connectivity index (χ1) is 12.2. The number of hydrogen-bond acceptors (Lipinski definition) is 6. The summed E-state index contributed by atoms with van der Waals surface area (Å²) in [5.41, 5.74) is 1.22. The molecule has 1 N–H and O–H groups in total. The standard InChI is InChI=1S/C17H19N3O5S/c1-26(23,24)10-15(21)19-8-14-9-20(16(22)25-14)13-4-2-12(3-5-13)17(11-18)6-7-17/h2-5,14H,6-10H2,1H3,(H,19,21). The van der Waals surface area contributed by atoms with E-state index in [0.717, 1.165) is 24.7 Å². The number of sulfone groups is 1. The zero-order valence-corrected chi connectivity index (χ0v) is 15.1. The Balaban J connectivity index is 1.58. The first-order valence-electron chi connectivity index (χ1n) is 8.17. The summed E-state index contributed by atoms with van der Waals surface area (Å²) in [6.07, 6.45) is 1.60. The Bertz CT molecular complexity index is 869. The molecule has 8 nitrogen and oxygen atoms in total. The van der Waals surface area contributed by atoms with Gasteiger partial charge in [-0.05, 0) is 30.5 Å². The number of nitriles is 1. The molecule has 9 heteroatoms. The average Bonchev–Trinajstić information content (AvgIpc) is 3.29. The lowest BCUT2D eigenvalue weighted by Gasteiger charge is -2.14. The number of anilines is 1. The molecule has 1 heterocycles. The molecule has 138 valence electrons. The van der Waals surface area contributed by atoms with Crippen molar-refractivity contribution in [2.75, 3.05) is 30.0 Å². The molecule has 1 unspecified atom stereocenters. The van der Waals surface area contributed by atoms with Crippen LogP contribution in [0.2, 0.25) is 0 Å². The molecule has 0 aromatic heterocycles. The molecule has 3 rings (SSSR count). The average molecular weight is 377 g/mol. The van der Waals surface area contributed by atoms with Gasteiger partial charge in [0.05, 0.1) is 24.6 Å². The predicted molar refractivity (Wildman–Crippen MR) is 93.3 cm³/mol.